The lowest BCUT2D eigenvalue weighted by Crippen LogP contribution is -2.44. The second kappa shape index (κ2) is 6.37. The van der Waals surface area contributed by atoms with Gasteiger partial charge in [0.05, 0.1) is 16.6 Å². The third-order valence-corrected chi connectivity index (χ3v) is 10.5. The van der Waals surface area contributed by atoms with Gasteiger partial charge in [0.2, 0.25) is 0 Å². The summed E-state index contributed by atoms with van der Waals surface area (Å²) in [5.41, 5.74) is 1.37. The molecule has 0 spiro atoms. The number of aryl methyl sites for hydroxylation is 1. The van der Waals surface area contributed by atoms with Crippen molar-refractivity contribution in [1.82, 2.24) is 10.2 Å². The van der Waals surface area contributed by atoms with Gasteiger partial charge in [0.1, 0.15) is 6.10 Å². The maximum absolute atomic E-state index is 12.0. The lowest BCUT2D eigenvalue weighted by molar-refractivity contribution is 0.176. The summed E-state index contributed by atoms with van der Waals surface area (Å²) in [7, 11) is -5.39. The monoisotopic (exact) mass is 344 g/mol. The smallest absolute Gasteiger partial charge is 0.193 e. The van der Waals surface area contributed by atoms with E-state index in [-0.39, 0.29) is 5.04 Å². The standard InChI is InChI=1S/C15H28N2O3SSi/c1-11-9-10-13(17-16-11)14(12(2)21(6,18)19)20-22(7,8)15(3,4)5/h9-10,12,14H,1-8H3/t12-,14+/m1/s1. The number of hydrogen-bond acceptors (Lipinski definition) is 5. The molecule has 126 valence electrons. The molecule has 0 saturated heterocycles. The normalized spacial score (nSPS) is 16.4. The molecule has 0 aliphatic rings. The molecule has 0 saturated carbocycles. The topological polar surface area (TPSA) is 69.2 Å². The first-order valence-corrected chi connectivity index (χ1v) is 12.3. The molecular weight excluding hydrogens is 316 g/mol. The van der Waals surface area contributed by atoms with E-state index in [9.17, 15) is 8.42 Å². The van der Waals surface area contributed by atoms with Gasteiger partial charge >= 0.3 is 0 Å². The van der Waals surface area contributed by atoms with Crippen LogP contribution in [0.5, 0.6) is 0 Å². The summed E-state index contributed by atoms with van der Waals surface area (Å²) >= 11 is 0. The Morgan fingerprint density at radius 2 is 1.73 bits per heavy atom. The zero-order valence-electron chi connectivity index (χ0n) is 14.8. The van der Waals surface area contributed by atoms with Gasteiger partial charge in [-0.05, 0) is 44.1 Å². The molecule has 7 heteroatoms. The summed E-state index contributed by atoms with van der Waals surface area (Å²) < 4.78 is 30.4. The van der Waals surface area contributed by atoms with Gasteiger partial charge in [-0.2, -0.15) is 10.2 Å². The molecule has 1 rings (SSSR count). The van der Waals surface area contributed by atoms with Gasteiger partial charge in [-0.1, -0.05) is 20.8 Å². The van der Waals surface area contributed by atoms with E-state index in [1.807, 2.05) is 19.1 Å². The number of aromatic nitrogens is 2. The highest BCUT2D eigenvalue weighted by atomic mass is 32.2. The highest BCUT2D eigenvalue weighted by Gasteiger charge is 2.42. The van der Waals surface area contributed by atoms with E-state index < -0.39 is 29.5 Å². The van der Waals surface area contributed by atoms with E-state index in [1.165, 1.54) is 6.26 Å². The Morgan fingerprint density at radius 1 is 1.18 bits per heavy atom. The average molecular weight is 345 g/mol. The fraction of sp³-hybridized carbons (Fsp3) is 0.733. The molecule has 0 aliphatic carbocycles. The van der Waals surface area contributed by atoms with Crippen LogP contribution in [0.15, 0.2) is 12.1 Å². The first kappa shape index (κ1) is 19.3. The van der Waals surface area contributed by atoms with E-state index in [4.69, 9.17) is 4.43 Å². The summed E-state index contributed by atoms with van der Waals surface area (Å²) in [4.78, 5) is 0. The average Bonchev–Trinajstić information content (AvgIpc) is 2.34. The molecule has 5 nitrogen and oxygen atoms in total. The van der Waals surface area contributed by atoms with Crippen molar-refractivity contribution in [2.75, 3.05) is 6.26 Å². The summed E-state index contributed by atoms with van der Waals surface area (Å²) in [5.74, 6) is 0. The van der Waals surface area contributed by atoms with Crippen molar-refractivity contribution < 1.29 is 12.8 Å². The van der Waals surface area contributed by atoms with Crippen LogP contribution >= 0.6 is 0 Å². The zero-order chi connectivity index (χ0) is 17.3. The largest absolute Gasteiger partial charge is 0.407 e. The molecule has 0 radical (unpaired) electrons. The van der Waals surface area contributed by atoms with Crippen LogP contribution in [0.1, 0.15) is 45.2 Å². The van der Waals surface area contributed by atoms with Crippen molar-refractivity contribution in [3.8, 4) is 0 Å². The summed E-state index contributed by atoms with van der Waals surface area (Å²) in [6.07, 6.45) is 0.644. The molecule has 1 aromatic heterocycles. The summed E-state index contributed by atoms with van der Waals surface area (Å²) in [6.45, 7) is 14.1. The number of sulfone groups is 1. The summed E-state index contributed by atoms with van der Waals surface area (Å²) in [6, 6.07) is 3.64. The maximum atomic E-state index is 12.0. The first-order valence-electron chi connectivity index (χ1n) is 7.42. The quantitative estimate of drug-likeness (QED) is 0.767. The molecule has 1 aromatic rings. The number of nitrogens with zero attached hydrogens (tertiary/aromatic N) is 2. The minimum absolute atomic E-state index is 0.0133. The zero-order valence-corrected chi connectivity index (χ0v) is 16.7. The molecule has 1 heterocycles. The van der Waals surface area contributed by atoms with E-state index in [1.54, 1.807) is 6.92 Å². The molecule has 0 amide bonds. The molecule has 0 aliphatic heterocycles. The Kier molecular flexibility index (Phi) is 5.58. The van der Waals surface area contributed by atoms with Crippen LogP contribution in [0, 0.1) is 6.92 Å². The van der Waals surface area contributed by atoms with Crippen LogP contribution in [0.2, 0.25) is 18.1 Å². The van der Waals surface area contributed by atoms with Crippen LogP contribution in [0.4, 0.5) is 0 Å². The van der Waals surface area contributed by atoms with Crippen LogP contribution in [0.3, 0.4) is 0 Å². The fourth-order valence-electron chi connectivity index (χ4n) is 1.68. The fourth-order valence-corrected chi connectivity index (χ4v) is 3.73. The third kappa shape index (κ3) is 4.60. The Bertz CT molecular complexity index is 607. The predicted octanol–water partition coefficient (Wildman–Crippen LogP) is 3.28. The Morgan fingerprint density at radius 3 is 2.09 bits per heavy atom. The van der Waals surface area contributed by atoms with Crippen molar-refractivity contribution in [1.29, 1.82) is 0 Å². The second-order valence-electron chi connectivity index (χ2n) is 7.43. The molecule has 22 heavy (non-hydrogen) atoms. The second-order valence-corrected chi connectivity index (χ2v) is 14.6. The number of hydrogen-bond donors (Lipinski definition) is 0. The SMILES string of the molecule is Cc1ccc([C@@H](O[Si](C)(C)C(C)(C)C)[C@@H](C)S(C)(=O)=O)nn1. The lowest BCUT2D eigenvalue weighted by Gasteiger charge is -2.40. The third-order valence-electron chi connectivity index (χ3n) is 4.44. The van der Waals surface area contributed by atoms with Gasteiger partial charge in [-0.25, -0.2) is 8.42 Å². The molecule has 0 fully saturated rings. The Balaban J connectivity index is 3.27. The van der Waals surface area contributed by atoms with E-state index >= 15 is 0 Å². The lowest BCUT2D eigenvalue weighted by atomic mass is 10.2. The minimum atomic E-state index is -3.25. The van der Waals surface area contributed by atoms with Gasteiger partial charge in [0, 0.05) is 6.26 Å². The molecule has 0 aromatic carbocycles. The van der Waals surface area contributed by atoms with Crippen LogP contribution in [-0.2, 0) is 14.3 Å². The Labute approximate surface area is 135 Å². The minimum Gasteiger partial charge on any atom is -0.407 e. The predicted molar refractivity (Wildman–Crippen MR) is 92.1 cm³/mol. The van der Waals surface area contributed by atoms with E-state index in [0.717, 1.165) is 5.69 Å². The van der Waals surface area contributed by atoms with E-state index in [0.29, 0.717) is 5.69 Å². The van der Waals surface area contributed by atoms with Gasteiger partial charge in [0.15, 0.2) is 18.2 Å². The summed E-state index contributed by atoms with van der Waals surface area (Å²) in [5, 5.41) is 7.53. The van der Waals surface area contributed by atoms with Gasteiger partial charge in [-0.15, -0.1) is 0 Å². The van der Waals surface area contributed by atoms with Gasteiger partial charge in [-0.3, -0.25) is 0 Å². The van der Waals surface area contributed by atoms with Crippen LogP contribution in [-0.4, -0.2) is 38.4 Å². The Hall–Kier alpha value is -0.793. The van der Waals surface area contributed by atoms with Crippen molar-refractivity contribution in [2.24, 2.45) is 0 Å². The van der Waals surface area contributed by atoms with Crippen molar-refractivity contribution in [3.63, 3.8) is 0 Å². The van der Waals surface area contributed by atoms with Gasteiger partial charge in [0.25, 0.3) is 0 Å². The number of rotatable bonds is 5. The molecular formula is C15H28N2O3SSi. The van der Waals surface area contributed by atoms with Crippen LogP contribution in [0.25, 0.3) is 0 Å². The van der Waals surface area contributed by atoms with Crippen LogP contribution < -0.4 is 0 Å². The molecule has 2 atom stereocenters. The molecule has 0 unspecified atom stereocenters. The van der Waals surface area contributed by atoms with Crippen molar-refractivity contribution >= 4 is 18.2 Å². The van der Waals surface area contributed by atoms with E-state index in [2.05, 4.69) is 44.1 Å². The van der Waals surface area contributed by atoms with Gasteiger partial charge < -0.3 is 4.43 Å². The molecule has 0 N–H and O–H groups in total. The van der Waals surface area contributed by atoms with Crippen molar-refractivity contribution in [2.45, 2.75) is 64.1 Å². The highest BCUT2D eigenvalue weighted by molar-refractivity contribution is 7.91. The molecule has 0 bridgehead atoms. The first-order chi connectivity index (χ1) is 9.75. The maximum Gasteiger partial charge on any atom is 0.193 e. The van der Waals surface area contributed by atoms with Crippen molar-refractivity contribution in [3.05, 3.63) is 23.5 Å². The highest BCUT2D eigenvalue weighted by Crippen LogP contribution is 2.41.